The molecular formula is C33H45F3NO+. The monoisotopic (exact) mass is 528 g/mol. The van der Waals surface area contributed by atoms with Gasteiger partial charge in [0.2, 0.25) is 0 Å². The van der Waals surface area contributed by atoms with Crippen molar-refractivity contribution in [3.8, 4) is 5.75 Å². The average molecular weight is 529 g/mol. The maximum Gasteiger partial charge on any atom is 0.416 e. The van der Waals surface area contributed by atoms with E-state index in [4.69, 9.17) is 4.74 Å². The lowest BCUT2D eigenvalue weighted by molar-refractivity contribution is -0.925. The molecule has 0 aromatic heterocycles. The number of fused-ring (bicyclic) bond motifs is 1. The summed E-state index contributed by atoms with van der Waals surface area (Å²) in [6, 6.07) is 18.2. The smallest absolute Gasteiger partial charge is 0.416 e. The Morgan fingerprint density at radius 2 is 1.26 bits per heavy atom. The lowest BCUT2D eigenvalue weighted by Crippen LogP contribution is -3.09. The Hall–Kier alpha value is -2.53. The van der Waals surface area contributed by atoms with Gasteiger partial charge in [-0.05, 0) is 43.0 Å². The van der Waals surface area contributed by atoms with E-state index in [1.165, 1.54) is 85.8 Å². The number of ether oxygens (including phenoxy) is 1. The molecule has 0 aliphatic rings. The molecule has 1 atom stereocenters. The fourth-order valence-electron chi connectivity index (χ4n) is 5.07. The van der Waals surface area contributed by atoms with Crippen molar-refractivity contribution in [2.75, 3.05) is 13.2 Å². The summed E-state index contributed by atoms with van der Waals surface area (Å²) < 4.78 is 44.9. The van der Waals surface area contributed by atoms with E-state index in [1.807, 2.05) is 6.07 Å². The van der Waals surface area contributed by atoms with Crippen LogP contribution in [0, 0.1) is 0 Å². The SMILES string of the molecule is CCCCCCCCCCCCOc1ccc(C[NH+](CC)Cc2ccc(C(F)(F)F)cc2)c2ccccc12. The van der Waals surface area contributed by atoms with Crippen LogP contribution in [0.3, 0.4) is 0 Å². The first kappa shape index (κ1) is 30.0. The maximum absolute atomic E-state index is 12.9. The third kappa shape index (κ3) is 9.65. The molecule has 1 N–H and O–H groups in total. The first-order valence-electron chi connectivity index (χ1n) is 14.6. The zero-order chi connectivity index (χ0) is 27.2. The summed E-state index contributed by atoms with van der Waals surface area (Å²) >= 11 is 0. The topological polar surface area (TPSA) is 13.7 Å². The van der Waals surface area contributed by atoms with E-state index in [0.717, 1.165) is 42.8 Å². The van der Waals surface area contributed by atoms with Gasteiger partial charge in [0.15, 0.2) is 0 Å². The molecule has 3 aromatic carbocycles. The van der Waals surface area contributed by atoms with Gasteiger partial charge in [-0.2, -0.15) is 13.2 Å². The minimum atomic E-state index is -4.30. The first-order valence-corrected chi connectivity index (χ1v) is 14.6. The van der Waals surface area contributed by atoms with Gasteiger partial charge < -0.3 is 9.64 Å². The fourth-order valence-corrected chi connectivity index (χ4v) is 5.07. The average Bonchev–Trinajstić information content (AvgIpc) is 2.92. The standard InChI is InChI=1S/C33H44F3NO/c1-3-5-6-7-8-9-10-11-12-15-24-38-32-23-20-28(30-16-13-14-17-31(30)32)26-37(4-2)25-27-18-21-29(22-19-27)33(34,35)36/h13-14,16-23H,3-12,15,24-26H2,1-2H3/p+1. The van der Waals surface area contributed by atoms with E-state index in [0.29, 0.717) is 6.54 Å². The number of quaternary nitrogens is 1. The van der Waals surface area contributed by atoms with Crippen LogP contribution in [-0.4, -0.2) is 13.2 Å². The van der Waals surface area contributed by atoms with Gasteiger partial charge in [0, 0.05) is 16.5 Å². The minimum Gasteiger partial charge on any atom is -0.493 e. The van der Waals surface area contributed by atoms with Crippen LogP contribution in [0.15, 0.2) is 60.7 Å². The van der Waals surface area contributed by atoms with Crippen LogP contribution in [-0.2, 0) is 19.3 Å². The van der Waals surface area contributed by atoms with Gasteiger partial charge in [0.05, 0.1) is 18.7 Å². The lowest BCUT2D eigenvalue weighted by atomic mass is 10.0. The number of hydrogen-bond donors (Lipinski definition) is 1. The third-order valence-corrected chi connectivity index (χ3v) is 7.41. The number of rotatable bonds is 17. The summed E-state index contributed by atoms with van der Waals surface area (Å²) in [7, 11) is 0. The summed E-state index contributed by atoms with van der Waals surface area (Å²) in [4.78, 5) is 1.30. The summed E-state index contributed by atoms with van der Waals surface area (Å²) in [5.74, 6) is 0.932. The van der Waals surface area contributed by atoms with Crippen molar-refractivity contribution in [1.29, 1.82) is 0 Å². The Labute approximate surface area is 227 Å². The summed E-state index contributed by atoms with van der Waals surface area (Å²) in [6.07, 6.45) is 8.76. The largest absolute Gasteiger partial charge is 0.493 e. The van der Waals surface area contributed by atoms with Crippen LogP contribution < -0.4 is 9.64 Å². The maximum atomic E-state index is 12.9. The Bertz CT molecular complexity index is 1080. The summed E-state index contributed by atoms with van der Waals surface area (Å²) in [5, 5.41) is 2.31. The van der Waals surface area contributed by atoms with Gasteiger partial charge >= 0.3 is 6.18 Å². The summed E-state index contributed by atoms with van der Waals surface area (Å²) in [6.45, 7) is 7.48. The number of benzene rings is 3. The van der Waals surface area contributed by atoms with Crippen LogP contribution in [0.4, 0.5) is 13.2 Å². The van der Waals surface area contributed by atoms with Crippen LogP contribution in [0.5, 0.6) is 5.75 Å². The number of halogens is 3. The first-order chi connectivity index (χ1) is 18.4. The molecule has 208 valence electrons. The molecule has 0 aliphatic carbocycles. The van der Waals surface area contributed by atoms with Gasteiger partial charge in [0.1, 0.15) is 18.8 Å². The van der Waals surface area contributed by atoms with E-state index in [9.17, 15) is 13.2 Å². The van der Waals surface area contributed by atoms with Crippen molar-refractivity contribution in [2.45, 2.75) is 97.3 Å². The van der Waals surface area contributed by atoms with Gasteiger partial charge in [-0.25, -0.2) is 0 Å². The van der Waals surface area contributed by atoms with Gasteiger partial charge in [0.25, 0.3) is 0 Å². The normalized spacial score (nSPS) is 12.7. The summed E-state index contributed by atoms with van der Waals surface area (Å²) in [5.41, 5.74) is 1.55. The zero-order valence-electron chi connectivity index (χ0n) is 23.2. The zero-order valence-corrected chi connectivity index (χ0v) is 23.2. The molecule has 1 unspecified atom stereocenters. The number of nitrogens with one attached hydrogen (secondary N) is 1. The lowest BCUT2D eigenvalue weighted by Gasteiger charge is -2.20. The van der Waals surface area contributed by atoms with Gasteiger partial charge in [-0.3, -0.25) is 0 Å². The molecule has 2 nitrogen and oxygen atoms in total. The van der Waals surface area contributed by atoms with Crippen LogP contribution in [0.2, 0.25) is 0 Å². The predicted molar refractivity (Wildman–Crippen MR) is 152 cm³/mol. The Kier molecular flexibility index (Phi) is 12.5. The van der Waals surface area contributed by atoms with Crippen molar-refractivity contribution in [3.05, 3.63) is 77.4 Å². The Balaban J connectivity index is 1.51. The molecule has 5 heteroatoms. The van der Waals surface area contributed by atoms with Crippen LogP contribution in [0.1, 0.15) is 94.7 Å². The molecule has 3 rings (SSSR count). The molecule has 0 aliphatic heterocycles. The second-order valence-electron chi connectivity index (χ2n) is 10.5. The van der Waals surface area contributed by atoms with Gasteiger partial charge in [-0.1, -0.05) is 101 Å². The molecule has 0 bridgehead atoms. The molecule has 0 fully saturated rings. The minimum absolute atomic E-state index is 0.598. The second kappa shape index (κ2) is 15.8. The molecule has 0 radical (unpaired) electrons. The quantitative estimate of drug-likeness (QED) is 0.173. The van der Waals surface area contributed by atoms with Crippen LogP contribution in [0.25, 0.3) is 10.8 Å². The van der Waals surface area contributed by atoms with Crippen molar-refractivity contribution < 1.29 is 22.8 Å². The Morgan fingerprint density at radius 1 is 0.658 bits per heavy atom. The fraction of sp³-hybridized carbons (Fsp3) is 0.515. The highest BCUT2D eigenvalue weighted by Gasteiger charge is 2.30. The van der Waals surface area contributed by atoms with E-state index in [2.05, 4.69) is 44.2 Å². The molecule has 0 amide bonds. The molecule has 38 heavy (non-hydrogen) atoms. The molecular weight excluding hydrogens is 483 g/mol. The highest BCUT2D eigenvalue weighted by molar-refractivity contribution is 5.91. The molecule has 0 heterocycles. The van der Waals surface area contributed by atoms with Crippen molar-refractivity contribution in [1.82, 2.24) is 0 Å². The molecule has 0 spiro atoms. The van der Waals surface area contributed by atoms with Gasteiger partial charge in [-0.15, -0.1) is 0 Å². The van der Waals surface area contributed by atoms with E-state index in [1.54, 1.807) is 12.1 Å². The van der Waals surface area contributed by atoms with Crippen molar-refractivity contribution >= 4 is 10.8 Å². The van der Waals surface area contributed by atoms with E-state index >= 15 is 0 Å². The third-order valence-electron chi connectivity index (χ3n) is 7.41. The number of unbranched alkanes of at least 4 members (excludes halogenated alkanes) is 9. The number of alkyl halides is 3. The van der Waals surface area contributed by atoms with Crippen molar-refractivity contribution in [3.63, 3.8) is 0 Å². The van der Waals surface area contributed by atoms with Crippen molar-refractivity contribution in [2.24, 2.45) is 0 Å². The molecule has 0 saturated heterocycles. The molecule has 0 saturated carbocycles. The highest BCUT2D eigenvalue weighted by Crippen LogP contribution is 2.30. The predicted octanol–water partition coefficient (Wildman–Crippen LogP) is 8.76. The van der Waals surface area contributed by atoms with E-state index < -0.39 is 11.7 Å². The van der Waals surface area contributed by atoms with E-state index in [-0.39, 0.29) is 0 Å². The Morgan fingerprint density at radius 3 is 1.87 bits per heavy atom. The molecule has 3 aromatic rings. The van der Waals surface area contributed by atoms with Crippen LogP contribution >= 0.6 is 0 Å². The highest BCUT2D eigenvalue weighted by atomic mass is 19.4. The number of hydrogen-bond acceptors (Lipinski definition) is 1. The second-order valence-corrected chi connectivity index (χ2v) is 10.5.